The lowest BCUT2D eigenvalue weighted by atomic mass is 11.7. The Morgan fingerprint density at radius 3 is 2.25 bits per heavy atom. The van der Waals surface area contributed by atoms with Crippen LogP contribution in [0.25, 0.3) is 0 Å². The van der Waals surface area contributed by atoms with Crippen molar-refractivity contribution in [3.63, 3.8) is 0 Å². The van der Waals surface area contributed by atoms with Crippen molar-refractivity contribution in [3.05, 3.63) is 0 Å². The Hall–Kier alpha value is 0.0300. The number of nitrogens with one attached hydrogen (secondary N) is 1. The first-order valence-corrected chi connectivity index (χ1v) is 3.11. The molecule has 0 aromatic heterocycles. The second-order valence-electron chi connectivity index (χ2n) is 0.869. The first kappa shape index (κ1) is 8.03. The molecule has 0 atom stereocenters. The molecular formula is CH6NO5P. The lowest BCUT2D eigenvalue weighted by Gasteiger charge is -2.01. The zero-order valence-corrected chi connectivity index (χ0v) is 4.96. The van der Waals surface area contributed by atoms with Gasteiger partial charge in [0.25, 0.3) is 0 Å². The Bertz CT molecular complexity index is 96.6. The fourth-order valence-corrected chi connectivity index (χ4v) is 0.257. The molecule has 0 rings (SSSR count). The molecule has 0 unspecified atom stereocenters. The average Bonchev–Trinajstić information content (AvgIpc) is 1.59. The van der Waals surface area contributed by atoms with Crippen molar-refractivity contribution in [2.75, 3.05) is 7.11 Å². The minimum absolute atomic E-state index is 1.16. The van der Waals surface area contributed by atoms with Crippen molar-refractivity contribution >= 4 is 7.82 Å². The van der Waals surface area contributed by atoms with Crippen molar-refractivity contribution in [2.24, 2.45) is 0 Å². The minimum atomic E-state index is -4.42. The van der Waals surface area contributed by atoms with Crippen LogP contribution in [0.5, 0.6) is 0 Å². The van der Waals surface area contributed by atoms with Gasteiger partial charge in [-0.15, -0.1) is 0 Å². The monoisotopic (exact) mass is 143 g/mol. The topological polar surface area (TPSA) is 88.0 Å². The highest BCUT2D eigenvalue weighted by Gasteiger charge is 2.12. The van der Waals surface area contributed by atoms with E-state index in [1.807, 2.05) is 0 Å². The molecule has 0 bridgehead atoms. The molecule has 8 heavy (non-hydrogen) atoms. The maximum absolute atomic E-state index is 9.72. The van der Waals surface area contributed by atoms with Gasteiger partial charge < -0.3 is 9.79 Å². The van der Waals surface area contributed by atoms with Crippen molar-refractivity contribution < 1.29 is 23.8 Å². The van der Waals surface area contributed by atoms with Gasteiger partial charge in [-0.2, -0.15) is 4.62 Å². The van der Waals surface area contributed by atoms with Gasteiger partial charge in [-0.1, -0.05) is 5.64 Å². The standard InChI is InChI=1S/CH6NO5P/c1-6-2-7-8(3,4)5/h2H,1H3,(H2,3,4,5). The fraction of sp³-hybridized carbons (Fsp3) is 1.00. The van der Waals surface area contributed by atoms with Crippen molar-refractivity contribution in [1.82, 2.24) is 5.64 Å². The van der Waals surface area contributed by atoms with Gasteiger partial charge in [0.05, 0.1) is 7.11 Å². The van der Waals surface area contributed by atoms with Gasteiger partial charge in [0.15, 0.2) is 0 Å². The van der Waals surface area contributed by atoms with Crippen LogP contribution in [0, 0.1) is 0 Å². The van der Waals surface area contributed by atoms with Crippen LogP contribution < -0.4 is 5.64 Å². The van der Waals surface area contributed by atoms with Crippen LogP contribution in [0.4, 0.5) is 0 Å². The predicted octanol–water partition coefficient (Wildman–Crippen LogP) is -0.838. The molecule has 0 aliphatic rings. The molecule has 7 heteroatoms. The maximum Gasteiger partial charge on any atom is 0.488 e. The number of phosphoric acid groups is 1. The van der Waals surface area contributed by atoms with Gasteiger partial charge in [-0.25, -0.2) is 4.57 Å². The minimum Gasteiger partial charge on any atom is -0.302 e. The Labute approximate surface area is 45.6 Å². The summed E-state index contributed by atoms with van der Waals surface area (Å²) in [6, 6.07) is 0. The summed E-state index contributed by atoms with van der Waals surface area (Å²) in [4.78, 5) is 19.7. The summed E-state index contributed by atoms with van der Waals surface area (Å²) in [6.07, 6.45) is 0. The Morgan fingerprint density at radius 2 is 2.12 bits per heavy atom. The molecule has 0 spiro atoms. The first-order chi connectivity index (χ1) is 3.56. The van der Waals surface area contributed by atoms with Gasteiger partial charge in [0.2, 0.25) is 0 Å². The lowest BCUT2D eigenvalue weighted by Crippen LogP contribution is -2.09. The highest BCUT2D eigenvalue weighted by atomic mass is 31.2. The first-order valence-electron chi connectivity index (χ1n) is 1.58. The second kappa shape index (κ2) is 3.13. The molecule has 0 aromatic carbocycles. The van der Waals surface area contributed by atoms with Gasteiger partial charge in [0, 0.05) is 0 Å². The largest absolute Gasteiger partial charge is 0.488 e. The van der Waals surface area contributed by atoms with Crippen LogP contribution in [-0.4, -0.2) is 16.9 Å². The molecule has 0 aromatic rings. The molecule has 0 saturated heterocycles. The van der Waals surface area contributed by atoms with E-state index in [4.69, 9.17) is 9.79 Å². The summed E-state index contributed by atoms with van der Waals surface area (Å²) in [5.41, 5.74) is 1.53. The smallest absolute Gasteiger partial charge is 0.302 e. The number of rotatable bonds is 3. The van der Waals surface area contributed by atoms with Crippen molar-refractivity contribution in [2.45, 2.75) is 0 Å². The summed E-state index contributed by atoms with van der Waals surface area (Å²) in [7, 11) is -3.26. The summed E-state index contributed by atoms with van der Waals surface area (Å²) in [5, 5.41) is 0. The SMILES string of the molecule is CONOP(=O)(O)O. The van der Waals surface area contributed by atoms with Crippen LogP contribution >= 0.6 is 7.82 Å². The van der Waals surface area contributed by atoms with Gasteiger partial charge >= 0.3 is 7.82 Å². The molecule has 0 aliphatic carbocycles. The van der Waals surface area contributed by atoms with E-state index in [9.17, 15) is 4.57 Å². The molecule has 0 amide bonds. The molecule has 0 radical (unpaired) electrons. The zero-order chi connectivity index (χ0) is 6.62. The molecule has 0 fully saturated rings. The van der Waals surface area contributed by atoms with Crippen LogP contribution in [0.1, 0.15) is 0 Å². The molecule has 0 heterocycles. The number of hydrogen-bond acceptors (Lipinski definition) is 4. The second-order valence-corrected chi connectivity index (χ2v) is 2.03. The van der Waals surface area contributed by atoms with Crippen LogP contribution in [0.2, 0.25) is 0 Å². The summed E-state index contributed by atoms with van der Waals surface area (Å²) < 4.78 is 13.3. The quantitative estimate of drug-likeness (QED) is 0.352. The fourth-order valence-electron chi connectivity index (χ4n) is 0.0858. The van der Waals surface area contributed by atoms with E-state index in [1.165, 1.54) is 5.64 Å². The van der Waals surface area contributed by atoms with E-state index in [-0.39, 0.29) is 0 Å². The molecule has 6 nitrogen and oxygen atoms in total. The molecule has 0 aliphatic heterocycles. The van der Waals surface area contributed by atoms with E-state index >= 15 is 0 Å². The van der Waals surface area contributed by atoms with Gasteiger partial charge in [0.1, 0.15) is 0 Å². The Kier molecular flexibility index (Phi) is 3.15. The van der Waals surface area contributed by atoms with Crippen molar-refractivity contribution in [3.8, 4) is 0 Å². The van der Waals surface area contributed by atoms with E-state index in [1.54, 1.807) is 0 Å². The van der Waals surface area contributed by atoms with E-state index < -0.39 is 7.82 Å². The maximum atomic E-state index is 9.72. The summed E-state index contributed by atoms with van der Waals surface area (Å²) in [5.74, 6) is 0. The van der Waals surface area contributed by atoms with E-state index in [0.717, 1.165) is 7.11 Å². The highest BCUT2D eigenvalue weighted by molar-refractivity contribution is 7.46. The summed E-state index contributed by atoms with van der Waals surface area (Å²) >= 11 is 0. The van der Waals surface area contributed by atoms with Gasteiger partial charge in [-0.3, -0.25) is 4.84 Å². The molecule has 50 valence electrons. The van der Waals surface area contributed by atoms with E-state index in [0.29, 0.717) is 0 Å². The Balaban J connectivity index is 3.26. The molecule has 3 N–H and O–H groups in total. The predicted molar refractivity (Wildman–Crippen MR) is 23.3 cm³/mol. The van der Waals surface area contributed by atoms with Gasteiger partial charge in [-0.05, 0) is 0 Å². The normalized spacial score (nSPS) is 11.9. The van der Waals surface area contributed by atoms with E-state index in [2.05, 4.69) is 9.46 Å². The molecule has 0 saturated carbocycles. The lowest BCUT2D eigenvalue weighted by molar-refractivity contribution is -0.0940. The third-order valence-corrected chi connectivity index (χ3v) is 0.552. The Morgan fingerprint density at radius 1 is 1.62 bits per heavy atom. The van der Waals surface area contributed by atoms with Crippen LogP contribution in [0.15, 0.2) is 0 Å². The van der Waals surface area contributed by atoms with Crippen LogP contribution in [0.3, 0.4) is 0 Å². The van der Waals surface area contributed by atoms with Crippen molar-refractivity contribution in [1.29, 1.82) is 0 Å². The highest BCUT2D eigenvalue weighted by Crippen LogP contribution is 2.33. The summed E-state index contributed by atoms with van der Waals surface area (Å²) in [6.45, 7) is 0. The third kappa shape index (κ3) is 6.03. The average molecular weight is 143 g/mol. The zero-order valence-electron chi connectivity index (χ0n) is 4.07. The number of hydrogen-bond donors (Lipinski definition) is 3. The third-order valence-electron chi connectivity index (χ3n) is 0.240. The van der Waals surface area contributed by atoms with Crippen LogP contribution in [-0.2, 0) is 14.0 Å². The molecular weight excluding hydrogens is 137 g/mol.